The van der Waals surface area contributed by atoms with E-state index in [4.69, 9.17) is 11.6 Å². The molecule has 37 heavy (non-hydrogen) atoms. The number of carbonyl (C=O) groups is 1. The van der Waals surface area contributed by atoms with Crippen LogP contribution in [-0.4, -0.2) is 52.3 Å². The molecule has 1 fully saturated rings. The first-order valence-electron chi connectivity index (χ1n) is 11.7. The van der Waals surface area contributed by atoms with E-state index in [9.17, 15) is 18.7 Å². The average molecular weight is 521 g/mol. The van der Waals surface area contributed by atoms with Crippen LogP contribution in [0.25, 0.3) is 21.9 Å². The van der Waals surface area contributed by atoms with E-state index in [0.29, 0.717) is 60.4 Å². The molecule has 1 amide bonds. The molecule has 0 atom stereocenters. The van der Waals surface area contributed by atoms with Crippen LogP contribution in [0.4, 0.5) is 14.6 Å². The lowest BCUT2D eigenvalue weighted by atomic mass is 9.97. The molecule has 9 heteroatoms. The highest BCUT2D eigenvalue weighted by Gasteiger charge is 2.24. The van der Waals surface area contributed by atoms with Crippen LogP contribution in [0.15, 0.2) is 67.3 Å². The highest BCUT2D eigenvalue weighted by Crippen LogP contribution is 2.41. The number of amides is 1. The van der Waals surface area contributed by atoms with Gasteiger partial charge in [0.1, 0.15) is 17.4 Å². The predicted octanol–water partition coefficient (Wildman–Crippen LogP) is 5.36. The summed E-state index contributed by atoms with van der Waals surface area (Å²) in [6, 6.07) is 13.6. The van der Waals surface area contributed by atoms with Crippen molar-refractivity contribution < 1.29 is 18.7 Å². The van der Waals surface area contributed by atoms with Gasteiger partial charge in [-0.15, -0.1) is 5.10 Å². The van der Waals surface area contributed by atoms with Gasteiger partial charge in [0.2, 0.25) is 5.91 Å². The minimum absolute atomic E-state index is 0.00273. The predicted molar refractivity (Wildman–Crippen MR) is 140 cm³/mol. The van der Waals surface area contributed by atoms with Crippen LogP contribution in [-0.2, 0) is 11.2 Å². The quantitative estimate of drug-likeness (QED) is 0.359. The number of hydrogen-bond acceptors (Lipinski definition) is 5. The maximum atomic E-state index is 14.8. The summed E-state index contributed by atoms with van der Waals surface area (Å²) in [4.78, 5) is 15.7. The minimum Gasteiger partial charge on any atom is -0.507 e. The second-order valence-electron chi connectivity index (χ2n) is 8.80. The third-order valence-corrected chi connectivity index (χ3v) is 6.85. The maximum absolute atomic E-state index is 14.8. The SMILES string of the molecule is C=CC(=O)N1CCN(c2nnc(Cc3ccc(F)cc3)c3cc(-c4c(O)cccc4F)c(Cl)cc23)CC1. The van der Waals surface area contributed by atoms with E-state index in [1.54, 1.807) is 29.2 Å². The van der Waals surface area contributed by atoms with E-state index in [1.165, 1.54) is 36.4 Å². The highest BCUT2D eigenvalue weighted by atomic mass is 35.5. The van der Waals surface area contributed by atoms with Crippen molar-refractivity contribution in [3.05, 3.63) is 95.2 Å². The number of benzene rings is 3. The van der Waals surface area contributed by atoms with E-state index >= 15 is 0 Å². The Labute approximate surface area is 217 Å². The number of nitrogens with zero attached hydrogens (tertiary/aromatic N) is 4. The molecule has 0 unspecified atom stereocenters. The van der Waals surface area contributed by atoms with Crippen molar-refractivity contribution in [3.63, 3.8) is 0 Å². The van der Waals surface area contributed by atoms with Crippen LogP contribution in [0, 0.1) is 11.6 Å². The number of fused-ring (bicyclic) bond motifs is 1. The Hall–Kier alpha value is -4.04. The molecule has 1 aromatic heterocycles. The fraction of sp³-hybridized carbons (Fsp3) is 0.179. The van der Waals surface area contributed by atoms with Gasteiger partial charge in [0.15, 0.2) is 5.82 Å². The number of aromatic nitrogens is 2. The molecule has 1 N–H and O–H groups in total. The average Bonchev–Trinajstić information content (AvgIpc) is 2.90. The Balaban J connectivity index is 1.63. The molecule has 1 saturated heterocycles. The van der Waals surface area contributed by atoms with Crippen LogP contribution in [0.2, 0.25) is 5.02 Å². The van der Waals surface area contributed by atoms with Crippen molar-refractivity contribution in [1.29, 1.82) is 0 Å². The zero-order valence-electron chi connectivity index (χ0n) is 19.8. The molecular weight excluding hydrogens is 498 g/mol. The van der Waals surface area contributed by atoms with Gasteiger partial charge in [-0.3, -0.25) is 4.79 Å². The van der Waals surface area contributed by atoms with Crippen molar-refractivity contribution in [3.8, 4) is 16.9 Å². The van der Waals surface area contributed by atoms with Crippen molar-refractivity contribution in [2.75, 3.05) is 31.1 Å². The molecule has 0 radical (unpaired) electrons. The van der Waals surface area contributed by atoms with Crippen molar-refractivity contribution >= 4 is 34.1 Å². The normalized spacial score (nSPS) is 13.7. The van der Waals surface area contributed by atoms with E-state index in [1.807, 2.05) is 4.90 Å². The Bertz CT molecular complexity index is 1480. The summed E-state index contributed by atoms with van der Waals surface area (Å²) >= 11 is 6.66. The lowest BCUT2D eigenvalue weighted by Crippen LogP contribution is -2.48. The Morgan fingerprint density at radius 2 is 1.76 bits per heavy atom. The number of carbonyl (C=O) groups excluding carboxylic acids is 1. The lowest BCUT2D eigenvalue weighted by molar-refractivity contribution is -0.126. The van der Waals surface area contributed by atoms with Gasteiger partial charge in [-0.05, 0) is 48.0 Å². The zero-order chi connectivity index (χ0) is 26.1. The lowest BCUT2D eigenvalue weighted by Gasteiger charge is -2.35. The van der Waals surface area contributed by atoms with Crippen LogP contribution in [0.3, 0.4) is 0 Å². The van der Waals surface area contributed by atoms with Crippen LogP contribution in [0.1, 0.15) is 11.3 Å². The highest BCUT2D eigenvalue weighted by molar-refractivity contribution is 6.34. The van der Waals surface area contributed by atoms with Gasteiger partial charge >= 0.3 is 0 Å². The first kappa shape index (κ1) is 24.6. The van der Waals surface area contributed by atoms with Gasteiger partial charge in [0.05, 0.1) is 11.3 Å². The summed E-state index contributed by atoms with van der Waals surface area (Å²) in [5, 5.41) is 21.1. The Morgan fingerprint density at radius 3 is 2.43 bits per heavy atom. The van der Waals surface area contributed by atoms with Crippen LogP contribution in [0.5, 0.6) is 5.75 Å². The third-order valence-electron chi connectivity index (χ3n) is 6.54. The summed E-state index contributed by atoms with van der Waals surface area (Å²) in [6.45, 7) is 5.62. The maximum Gasteiger partial charge on any atom is 0.246 e. The molecule has 6 nitrogen and oxygen atoms in total. The molecule has 0 spiro atoms. The molecule has 188 valence electrons. The number of anilines is 1. The molecule has 2 heterocycles. The van der Waals surface area contributed by atoms with E-state index < -0.39 is 5.82 Å². The van der Waals surface area contributed by atoms with Gasteiger partial charge in [-0.1, -0.05) is 36.4 Å². The van der Waals surface area contributed by atoms with Gasteiger partial charge < -0.3 is 14.9 Å². The van der Waals surface area contributed by atoms with Gasteiger partial charge in [-0.2, -0.15) is 5.10 Å². The van der Waals surface area contributed by atoms with Crippen molar-refractivity contribution in [1.82, 2.24) is 15.1 Å². The number of phenols is 1. The second-order valence-corrected chi connectivity index (χ2v) is 9.21. The Kier molecular flexibility index (Phi) is 6.76. The number of rotatable bonds is 5. The number of piperazine rings is 1. The van der Waals surface area contributed by atoms with Gasteiger partial charge in [0, 0.05) is 54.0 Å². The standard InChI is InChI=1S/C28H23ClF2N4O2/c1-2-26(37)34-10-12-35(13-11-34)28-20-16-22(29)21(27-23(31)4-3-5-25(27)36)15-19(20)24(32-33-28)14-17-6-8-18(30)9-7-17/h2-9,15-16,36H,1,10-14H2. The smallest absolute Gasteiger partial charge is 0.246 e. The number of aromatic hydroxyl groups is 1. The second kappa shape index (κ2) is 10.1. The largest absolute Gasteiger partial charge is 0.507 e. The summed E-state index contributed by atoms with van der Waals surface area (Å²) in [5.74, 6) is -0.705. The molecule has 3 aromatic carbocycles. The molecule has 5 rings (SSSR count). The molecular formula is C28H23ClF2N4O2. The number of hydrogen-bond donors (Lipinski definition) is 1. The number of halogens is 3. The summed E-state index contributed by atoms with van der Waals surface area (Å²) in [6.07, 6.45) is 1.66. The zero-order valence-corrected chi connectivity index (χ0v) is 20.6. The summed E-state index contributed by atoms with van der Waals surface area (Å²) in [7, 11) is 0. The molecule has 1 aliphatic heterocycles. The van der Waals surface area contributed by atoms with Crippen LogP contribution < -0.4 is 4.90 Å². The van der Waals surface area contributed by atoms with E-state index in [0.717, 1.165) is 5.56 Å². The van der Waals surface area contributed by atoms with E-state index in [2.05, 4.69) is 16.8 Å². The minimum atomic E-state index is -0.605. The molecule has 0 saturated carbocycles. The summed E-state index contributed by atoms with van der Waals surface area (Å²) < 4.78 is 28.2. The van der Waals surface area contributed by atoms with Gasteiger partial charge in [-0.25, -0.2) is 8.78 Å². The molecule has 1 aliphatic rings. The first-order valence-corrected chi connectivity index (χ1v) is 12.1. The fourth-order valence-electron chi connectivity index (χ4n) is 4.61. The molecule has 4 aromatic rings. The number of phenolic OH excluding ortho intramolecular Hbond substituents is 1. The third kappa shape index (κ3) is 4.84. The molecule has 0 bridgehead atoms. The van der Waals surface area contributed by atoms with Crippen LogP contribution >= 0.6 is 11.6 Å². The van der Waals surface area contributed by atoms with Crippen molar-refractivity contribution in [2.24, 2.45) is 0 Å². The first-order chi connectivity index (χ1) is 17.9. The summed E-state index contributed by atoms with van der Waals surface area (Å²) in [5.41, 5.74) is 1.74. The fourth-order valence-corrected chi connectivity index (χ4v) is 4.87. The van der Waals surface area contributed by atoms with E-state index in [-0.39, 0.29) is 28.1 Å². The monoisotopic (exact) mass is 520 g/mol. The van der Waals surface area contributed by atoms with Gasteiger partial charge in [0.25, 0.3) is 0 Å². The topological polar surface area (TPSA) is 69.6 Å². The molecule has 0 aliphatic carbocycles. The van der Waals surface area contributed by atoms with Crippen molar-refractivity contribution in [2.45, 2.75) is 6.42 Å². The Morgan fingerprint density at radius 1 is 1.03 bits per heavy atom.